The summed E-state index contributed by atoms with van der Waals surface area (Å²) < 4.78 is 16.6. The number of carbonyl (C=O) groups excluding carboxylic acids is 1. The van der Waals surface area contributed by atoms with Crippen LogP contribution in [0.5, 0.6) is 5.75 Å². The van der Waals surface area contributed by atoms with Gasteiger partial charge >= 0.3 is 5.97 Å². The Bertz CT molecular complexity index is 728. The fourth-order valence-corrected chi connectivity index (χ4v) is 2.96. The van der Waals surface area contributed by atoms with Crippen LogP contribution in [-0.2, 0) is 25.5 Å². The molecule has 31 heavy (non-hydrogen) atoms. The number of rotatable bonds is 11. The van der Waals surface area contributed by atoms with Gasteiger partial charge in [0.1, 0.15) is 36.8 Å². The number of carboxylic acids is 1. The van der Waals surface area contributed by atoms with Gasteiger partial charge in [-0.05, 0) is 17.7 Å². The van der Waals surface area contributed by atoms with Crippen molar-refractivity contribution in [3.8, 4) is 5.75 Å². The Balaban J connectivity index is 2.03. The number of hydrogen-bond donors (Lipinski definition) is 6. The summed E-state index contributed by atoms with van der Waals surface area (Å²) in [6.45, 7) is 4.13. The molecule has 174 valence electrons. The summed E-state index contributed by atoms with van der Waals surface area (Å²) in [7, 11) is 0. The summed E-state index contributed by atoms with van der Waals surface area (Å²) in [5.74, 6) is -1.44. The number of nitrogens with one attached hydrogen (secondary N) is 1. The molecule has 1 aliphatic heterocycles. The number of carbonyl (C=O) groups is 2. The van der Waals surface area contributed by atoms with Crippen molar-refractivity contribution in [3.05, 3.63) is 29.8 Å². The highest BCUT2D eigenvalue weighted by Gasteiger charge is 2.48. The Kier molecular flexibility index (Phi) is 9.16. The van der Waals surface area contributed by atoms with Gasteiger partial charge < -0.3 is 45.7 Å². The first-order chi connectivity index (χ1) is 14.6. The van der Waals surface area contributed by atoms with Gasteiger partial charge in [0.05, 0.1) is 6.42 Å². The van der Waals surface area contributed by atoms with Crippen molar-refractivity contribution < 1.29 is 44.2 Å². The third-order valence-corrected chi connectivity index (χ3v) is 4.63. The summed E-state index contributed by atoms with van der Waals surface area (Å²) >= 11 is 0. The fourth-order valence-electron chi connectivity index (χ4n) is 2.96. The highest BCUT2D eigenvalue weighted by atomic mass is 16.7. The van der Waals surface area contributed by atoms with Gasteiger partial charge in [-0.3, -0.25) is 4.79 Å². The standard InChI is InChI=1S/C20H30N2O9/c1-10(2)22-8-13(9-29-12-5-3-11(4-6-12)7-14(21)23)30-20-17(26)15(24)16(25)18(31-20)19(27)28/h3-6,10,13,15-18,20,22,24-26H,7-9H2,1-2H3,(H2,21,23)(H,27,28)/t13?,15-,16-,17+,18-,20+/m0/s1. The molecule has 1 heterocycles. The van der Waals surface area contributed by atoms with Crippen molar-refractivity contribution >= 4 is 11.9 Å². The number of benzene rings is 1. The predicted octanol–water partition coefficient (Wildman–Crippen LogP) is -1.63. The largest absolute Gasteiger partial charge is 0.491 e. The zero-order chi connectivity index (χ0) is 23.1. The van der Waals surface area contributed by atoms with Gasteiger partial charge in [0.15, 0.2) is 12.4 Å². The number of ether oxygens (including phenoxy) is 3. The molecule has 0 aliphatic carbocycles. The van der Waals surface area contributed by atoms with Gasteiger partial charge in [0.25, 0.3) is 0 Å². The van der Waals surface area contributed by atoms with E-state index in [0.717, 1.165) is 5.56 Å². The maximum Gasteiger partial charge on any atom is 0.335 e. The summed E-state index contributed by atoms with van der Waals surface area (Å²) in [4.78, 5) is 22.3. The van der Waals surface area contributed by atoms with Crippen LogP contribution < -0.4 is 15.8 Å². The third kappa shape index (κ3) is 7.42. The Morgan fingerprint density at radius 3 is 2.32 bits per heavy atom. The van der Waals surface area contributed by atoms with Gasteiger partial charge in [-0.1, -0.05) is 26.0 Å². The molecule has 0 radical (unpaired) electrons. The number of primary amides is 1. The molecule has 0 aromatic heterocycles. The molecule has 0 bridgehead atoms. The lowest BCUT2D eigenvalue weighted by Crippen LogP contribution is -2.61. The van der Waals surface area contributed by atoms with Crippen LogP contribution in [-0.4, -0.2) is 88.3 Å². The predicted molar refractivity (Wildman–Crippen MR) is 107 cm³/mol. The molecular formula is C20H30N2O9. The van der Waals surface area contributed by atoms with E-state index >= 15 is 0 Å². The molecule has 1 aliphatic rings. The van der Waals surface area contributed by atoms with Gasteiger partial charge in [0, 0.05) is 12.6 Å². The minimum absolute atomic E-state index is 0.0118. The van der Waals surface area contributed by atoms with Gasteiger partial charge in [-0.15, -0.1) is 0 Å². The first-order valence-electron chi connectivity index (χ1n) is 9.89. The van der Waals surface area contributed by atoms with Crippen molar-refractivity contribution in [2.24, 2.45) is 5.73 Å². The van der Waals surface area contributed by atoms with E-state index in [0.29, 0.717) is 5.75 Å². The molecule has 1 aromatic carbocycles. The normalized spacial score (nSPS) is 27.1. The molecule has 1 aromatic rings. The molecule has 0 spiro atoms. The highest BCUT2D eigenvalue weighted by Crippen LogP contribution is 2.23. The molecule has 2 rings (SSSR count). The number of hydrogen-bond acceptors (Lipinski definition) is 9. The molecule has 11 nitrogen and oxygen atoms in total. The molecule has 7 N–H and O–H groups in total. The lowest BCUT2D eigenvalue weighted by molar-refractivity contribution is -0.305. The summed E-state index contributed by atoms with van der Waals surface area (Å²) in [6.07, 6.45) is -9.02. The van der Waals surface area contributed by atoms with Crippen LogP contribution in [0.25, 0.3) is 0 Å². The SMILES string of the molecule is CC(C)NCC(COc1ccc(CC(N)=O)cc1)O[C@@H]1O[C@H](C(=O)O)[C@@H](O)[C@H](O)[C@H]1O. The smallest absolute Gasteiger partial charge is 0.335 e. The first kappa shape index (κ1) is 25.0. The lowest BCUT2D eigenvalue weighted by atomic mass is 9.99. The zero-order valence-electron chi connectivity index (χ0n) is 17.4. The van der Waals surface area contributed by atoms with E-state index in [1.165, 1.54) is 0 Å². The van der Waals surface area contributed by atoms with Crippen LogP contribution in [0, 0.1) is 0 Å². The van der Waals surface area contributed by atoms with Crippen molar-refractivity contribution in [1.29, 1.82) is 0 Å². The molecule has 1 unspecified atom stereocenters. The van der Waals surface area contributed by atoms with Crippen molar-refractivity contribution in [3.63, 3.8) is 0 Å². The zero-order valence-corrected chi connectivity index (χ0v) is 17.4. The number of nitrogens with two attached hydrogens (primary N) is 1. The van der Waals surface area contributed by atoms with E-state index in [2.05, 4.69) is 5.32 Å². The molecule has 0 saturated carbocycles. The van der Waals surface area contributed by atoms with Gasteiger partial charge in [0.2, 0.25) is 5.91 Å². The van der Waals surface area contributed by atoms with E-state index in [1.54, 1.807) is 24.3 Å². The maximum atomic E-state index is 11.3. The molecule has 6 atom stereocenters. The number of aliphatic hydroxyl groups is 3. The molecule has 11 heteroatoms. The average molecular weight is 442 g/mol. The Hall–Kier alpha value is -2.28. The van der Waals surface area contributed by atoms with Crippen LogP contribution >= 0.6 is 0 Å². The molecule has 1 fully saturated rings. The highest BCUT2D eigenvalue weighted by molar-refractivity contribution is 5.76. The van der Waals surface area contributed by atoms with Crippen molar-refractivity contribution in [2.45, 2.75) is 63.1 Å². The second-order valence-corrected chi connectivity index (χ2v) is 7.65. The summed E-state index contributed by atoms with van der Waals surface area (Å²) in [5, 5.41) is 42.2. The number of aliphatic carboxylic acids is 1. The minimum Gasteiger partial charge on any atom is -0.491 e. The molecule has 1 saturated heterocycles. The Morgan fingerprint density at radius 2 is 1.77 bits per heavy atom. The van der Waals surface area contributed by atoms with E-state index in [-0.39, 0.29) is 25.6 Å². The quantitative estimate of drug-likeness (QED) is 0.233. The number of aliphatic hydroxyl groups excluding tert-OH is 3. The average Bonchev–Trinajstić information content (AvgIpc) is 2.70. The number of amides is 1. The van der Waals surface area contributed by atoms with E-state index < -0.39 is 48.7 Å². The van der Waals surface area contributed by atoms with Crippen LogP contribution in [0.15, 0.2) is 24.3 Å². The second-order valence-electron chi connectivity index (χ2n) is 7.65. The van der Waals surface area contributed by atoms with E-state index in [4.69, 9.17) is 19.9 Å². The summed E-state index contributed by atoms with van der Waals surface area (Å²) in [5.41, 5.74) is 5.91. The Morgan fingerprint density at radius 1 is 1.13 bits per heavy atom. The van der Waals surface area contributed by atoms with Crippen LogP contribution in [0.1, 0.15) is 19.4 Å². The topological polar surface area (TPSA) is 181 Å². The van der Waals surface area contributed by atoms with E-state index in [1.807, 2.05) is 13.8 Å². The molecule has 1 amide bonds. The first-order valence-corrected chi connectivity index (χ1v) is 9.89. The van der Waals surface area contributed by atoms with Crippen molar-refractivity contribution in [1.82, 2.24) is 5.32 Å². The lowest BCUT2D eigenvalue weighted by Gasteiger charge is -2.39. The van der Waals surface area contributed by atoms with Crippen molar-refractivity contribution in [2.75, 3.05) is 13.2 Å². The third-order valence-electron chi connectivity index (χ3n) is 4.63. The summed E-state index contributed by atoms with van der Waals surface area (Å²) in [6, 6.07) is 6.84. The maximum absolute atomic E-state index is 11.3. The van der Waals surface area contributed by atoms with E-state index in [9.17, 15) is 30.0 Å². The second kappa shape index (κ2) is 11.4. The Labute approximate surface area is 179 Å². The monoisotopic (exact) mass is 442 g/mol. The minimum atomic E-state index is -1.80. The van der Waals surface area contributed by atoms with Gasteiger partial charge in [-0.2, -0.15) is 0 Å². The number of carboxylic acid groups (broad SMARTS) is 1. The fraction of sp³-hybridized carbons (Fsp3) is 0.600. The van der Waals surface area contributed by atoms with Crippen LogP contribution in [0.4, 0.5) is 0 Å². The van der Waals surface area contributed by atoms with Gasteiger partial charge in [-0.25, -0.2) is 4.79 Å². The molecular weight excluding hydrogens is 412 g/mol. The van der Waals surface area contributed by atoms with Crippen LogP contribution in [0.2, 0.25) is 0 Å². The van der Waals surface area contributed by atoms with Crippen LogP contribution in [0.3, 0.4) is 0 Å².